The Labute approximate surface area is 108 Å². The van der Waals surface area contributed by atoms with Crippen LogP contribution < -0.4 is 14.8 Å². The van der Waals surface area contributed by atoms with Crippen LogP contribution in [-0.2, 0) is 5.54 Å². The fourth-order valence-electron chi connectivity index (χ4n) is 2.66. The first-order chi connectivity index (χ1) is 8.70. The number of fused-ring (bicyclic) bond motifs is 1. The maximum Gasteiger partial charge on any atom is 0.161 e. The van der Waals surface area contributed by atoms with E-state index in [4.69, 9.17) is 9.47 Å². The highest BCUT2D eigenvalue weighted by Crippen LogP contribution is 2.36. The molecule has 3 rings (SSSR count). The van der Waals surface area contributed by atoms with Gasteiger partial charge in [-0.25, -0.2) is 0 Å². The molecular formula is C14H20N2O2. The number of piperazine rings is 1. The van der Waals surface area contributed by atoms with E-state index in [0.717, 1.165) is 31.1 Å². The number of nitrogens with zero attached hydrogens (tertiary/aromatic N) is 1. The first-order valence-electron chi connectivity index (χ1n) is 6.52. The van der Waals surface area contributed by atoms with Crippen molar-refractivity contribution in [2.75, 3.05) is 39.9 Å². The molecule has 18 heavy (non-hydrogen) atoms. The lowest BCUT2D eigenvalue weighted by molar-refractivity contribution is 0.103. The predicted octanol–water partition coefficient (Wildman–Crippen LogP) is 1.21. The third-order valence-corrected chi connectivity index (χ3v) is 4.10. The lowest BCUT2D eigenvalue weighted by Gasteiger charge is -2.43. The molecule has 98 valence electrons. The monoisotopic (exact) mass is 248 g/mol. The fourth-order valence-corrected chi connectivity index (χ4v) is 2.66. The molecule has 1 fully saturated rings. The number of hydrogen-bond acceptors (Lipinski definition) is 4. The molecule has 4 nitrogen and oxygen atoms in total. The van der Waals surface area contributed by atoms with Gasteiger partial charge >= 0.3 is 0 Å². The molecule has 1 saturated heterocycles. The summed E-state index contributed by atoms with van der Waals surface area (Å²) in [4.78, 5) is 2.40. The van der Waals surface area contributed by atoms with Crippen molar-refractivity contribution in [2.24, 2.45) is 0 Å². The number of benzene rings is 1. The van der Waals surface area contributed by atoms with E-state index in [-0.39, 0.29) is 5.54 Å². The molecule has 2 aliphatic rings. The highest BCUT2D eigenvalue weighted by atomic mass is 16.6. The maximum absolute atomic E-state index is 5.67. The van der Waals surface area contributed by atoms with E-state index in [1.165, 1.54) is 5.56 Å². The molecule has 0 amide bonds. The van der Waals surface area contributed by atoms with Crippen LogP contribution in [0.25, 0.3) is 0 Å². The van der Waals surface area contributed by atoms with Gasteiger partial charge in [-0.2, -0.15) is 0 Å². The van der Waals surface area contributed by atoms with Gasteiger partial charge in [-0.1, -0.05) is 6.07 Å². The van der Waals surface area contributed by atoms with Crippen molar-refractivity contribution in [1.29, 1.82) is 0 Å². The molecule has 0 spiro atoms. The standard InChI is InChI=1S/C14H20N2O2/c1-14(10-15-5-6-16(14)2)11-3-4-12-13(9-11)18-8-7-17-12/h3-4,9,15H,5-8,10H2,1-2H3. The predicted molar refractivity (Wildman–Crippen MR) is 70.3 cm³/mol. The SMILES string of the molecule is CN1CCNCC1(C)c1ccc2c(c1)OCCO2. The molecule has 0 aromatic heterocycles. The molecule has 1 atom stereocenters. The second kappa shape index (κ2) is 4.44. The number of hydrogen-bond donors (Lipinski definition) is 1. The lowest BCUT2D eigenvalue weighted by Crippen LogP contribution is -2.55. The Morgan fingerprint density at radius 1 is 1.22 bits per heavy atom. The summed E-state index contributed by atoms with van der Waals surface area (Å²) in [6, 6.07) is 6.30. The molecule has 1 aromatic rings. The van der Waals surface area contributed by atoms with Gasteiger partial charge in [-0.15, -0.1) is 0 Å². The Balaban J connectivity index is 1.95. The van der Waals surface area contributed by atoms with Crippen LogP contribution in [0.1, 0.15) is 12.5 Å². The zero-order valence-electron chi connectivity index (χ0n) is 11.0. The second-order valence-corrected chi connectivity index (χ2v) is 5.23. The molecular weight excluding hydrogens is 228 g/mol. The zero-order chi connectivity index (χ0) is 12.6. The summed E-state index contributed by atoms with van der Waals surface area (Å²) >= 11 is 0. The van der Waals surface area contributed by atoms with E-state index < -0.39 is 0 Å². The van der Waals surface area contributed by atoms with Crippen molar-refractivity contribution in [3.8, 4) is 11.5 Å². The van der Waals surface area contributed by atoms with E-state index in [9.17, 15) is 0 Å². The van der Waals surface area contributed by atoms with Gasteiger partial charge in [-0.05, 0) is 31.7 Å². The maximum atomic E-state index is 5.67. The van der Waals surface area contributed by atoms with Crippen molar-refractivity contribution in [1.82, 2.24) is 10.2 Å². The van der Waals surface area contributed by atoms with E-state index in [0.29, 0.717) is 13.2 Å². The second-order valence-electron chi connectivity index (χ2n) is 5.23. The molecule has 4 heteroatoms. The summed E-state index contributed by atoms with van der Waals surface area (Å²) in [6.07, 6.45) is 0. The Bertz CT molecular complexity index is 449. The van der Waals surface area contributed by atoms with Gasteiger partial charge < -0.3 is 14.8 Å². The van der Waals surface area contributed by atoms with Crippen molar-refractivity contribution < 1.29 is 9.47 Å². The van der Waals surface area contributed by atoms with Crippen LogP contribution in [-0.4, -0.2) is 44.8 Å². The van der Waals surface area contributed by atoms with Gasteiger partial charge in [-0.3, -0.25) is 4.90 Å². The number of nitrogens with one attached hydrogen (secondary N) is 1. The van der Waals surface area contributed by atoms with Crippen molar-refractivity contribution >= 4 is 0 Å². The van der Waals surface area contributed by atoms with Gasteiger partial charge in [0, 0.05) is 19.6 Å². The van der Waals surface area contributed by atoms with Gasteiger partial charge in [0.25, 0.3) is 0 Å². The Kier molecular flexibility index (Phi) is 2.92. The van der Waals surface area contributed by atoms with Crippen molar-refractivity contribution in [3.63, 3.8) is 0 Å². The van der Waals surface area contributed by atoms with Crippen LogP contribution in [0.15, 0.2) is 18.2 Å². The van der Waals surface area contributed by atoms with Crippen LogP contribution in [0.2, 0.25) is 0 Å². The number of ether oxygens (including phenoxy) is 2. The topological polar surface area (TPSA) is 33.7 Å². The summed E-state index contributed by atoms with van der Waals surface area (Å²) in [5.41, 5.74) is 1.30. The fraction of sp³-hybridized carbons (Fsp3) is 0.571. The third kappa shape index (κ3) is 1.85. The molecule has 0 aliphatic carbocycles. The number of rotatable bonds is 1. The molecule has 2 aliphatic heterocycles. The van der Waals surface area contributed by atoms with E-state index in [1.54, 1.807) is 0 Å². The largest absolute Gasteiger partial charge is 0.486 e. The molecule has 1 aromatic carbocycles. The minimum atomic E-state index is 0.0219. The first kappa shape index (κ1) is 11.8. The Morgan fingerprint density at radius 3 is 2.78 bits per heavy atom. The van der Waals surface area contributed by atoms with Crippen LogP contribution in [0.5, 0.6) is 11.5 Å². The molecule has 2 heterocycles. The average Bonchev–Trinajstić information content (AvgIpc) is 2.42. The summed E-state index contributed by atoms with van der Waals surface area (Å²) < 4.78 is 11.2. The highest BCUT2D eigenvalue weighted by molar-refractivity contribution is 5.46. The third-order valence-electron chi connectivity index (χ3n) is 4.10. The van der Waals surface area contributed by atoms with Gasteiger partial charge in [0.05, 0.1) is 5.54 Å². The highest BCUT2D eigenvalue weighted by Gasteiger charge is 2.34. The minimum absolute atomic E-state index is 0.0219. The zero-order valence-corrected chi connectivity index (χ0v) is 11.0. The quantitative estimate of drug-likeness (QED) is 0.810. The minimum Gasteiger partial charge on any atom is -0.486 e. The molecule has 1 unspecified atom stereocenters. The van der Waals surface area contributed by atoms with Gasteiger partial charge in [0.15, 0.2) is 11.5 Å². The summed E-state index contributed by atoms with van der Waals surface area (Å²) in [6.45, 7) is 6.63. The summed E-state index contributed by atoms with van der Waals surface area (Å²) in [5.74, 6) is 1.74. The number of likely N-dealkylation sites (N-methyl/N-ethyl adjacent to an activating group) is 1. The first-order valence-corrected chi connectivity index (χ1v) is 6.52. The van der Waals surface area contributed by atoms with Crippen LogP contribution in [0.4, 0.5) is 0 Å². The van der Waals surface area contributed by atoms with E-state index in [1.807, 2.05) is 6.07 Å². The average molecular weight is 248 g/mol. The summed E-state index contributed by atoms with van der Waals surface area (Å²) in [5, 5.41) is 3.47. The van der Waals surface area contributed by atoms with Crippen LogP contribution in [0.3, 0.4) is 0 Å². The molecule has 1 N–H and O–H groups in total. The Hall–Kier alpha value is -1.26. The normalized spacial score (nSPS) is 28.1. The van der Waals surface area contributed by atoms with Gasteiger partial charge in [0.1, 0.15) is 13.2 Å². The van der Waals surface area contributed by atoms with Crippen molar-refractivity contribution in [3.05, 3.63) is 23.8 Å². The van der Waals surface area contributed by atoms with Crippen LogP contribution in [0, 0.1) is 0 Å². The van der Waals surface area contributed by atoms with E-state index >= 15 is 0 Å². The lowest BCUT2D eigenvalue weighted by atomic mass is 9.88. The molecule has 0 saturated carbocycles. The Morgan fingerprint density at radius 2 is 2.00 bits per heavy atom. The van der Waals surface area contributed by atoms with Crippen molar-refractivity contribution in [2.45, 2.75) is 12.5 Å². The molecule has 0 radical (unpaired) electrons. The van der Waals surface area contributed by atoms with E-state index in [2.05, 4.69) is 36.3 Å². The van der Waals surface area contributed by atoms with Gasteiger partial charge in [0.2, 0.25) is 0 Å². The van der Waals surface area contributed by atoms with Crippen LogP contribution >= 0.6 is 0 Å². The smallest absolute Gasteiger partial charge is 0.161 e. The summed E-state index contributed by atoms with van der Waals surface area (Å²) in [7, 11) is 2.18. The molecule has 0 bridgehead atoms.